The van der Waals surface area contributed by atoms with Crippen LogP contribution >= 0.6 is 0 Å². The van der Waals surface area contributed by atoms with Crippen molar-refractivity contribution < 1.29 is 14.3 Å². The fourth-order valence-electron chi connectivity index (χ4n) is 4.14. The maximum Gasteiger partial charge on any atom is 0.410 e. The summed E-state index contributed by atoms with van der Waals surface area (Å²) in [7, 11) is 1.80. The van der Waals surface area contributed by atoms with Crippen molar-refractivity contribution in [2.24, 2.45) is 7.05 Å². The van der Waals surface area contributed by atoms with Crippen LogP contribution in [0.4, 0.5) is 4.79 Å². The van der Waals surface area contributed by atoms with Gasteiger partial charge in [-0.1, -0.05) is 37.3 Å². The monoisotopic (exact) mass is 382 g/mol. The molecule has 28 heavy (non-hydrogen) atoms. The molecule has 0 radical (unpaired) electrons. The molecule has 3 heterocycles. The Labute approximate surface area is 164 Å². The molecule has 7 heteroatoms. The molecule has 1 unspecified atom stereocenters. The zero-order chi connectivity index (χ0) is 19.7. The molecule has 2 aliphatic rings. The third-order valence-corrected chi connectivity index (χ3v) is 5.82. The van der Waals surface area contributed by atoms with Gasteiger partial charge in [-0.3, -0.25) is 9.48 Å². The van der Waals surface area contributed by atoms with E-state index >= 15 is 0 Å². The number of likely N-dealkylation sites (tertiary alicyclic amines) is 1. The summed E-state index contributed by atoms with van der Waals surface area (Å²) < 4.78 is 7.44. The van der Waals surface area contributed by atoms with Gasteiger partial charge in [-0.15, -0.1) is 0 Å². The quantitative estimate of drug-likeness (QED) is 0.815. The van der Waals surface area contributed by atoms with Gasteiger partial charge in [0.05, 0.1) is 18.3 Å². The summed E-state index contributed by atoms with van der Waals surface area (Å²) in [5, 5.41) is 4.07. The lowest BCUT2D eigenvalue weighted by Crippen LogP contribution is -2.48. The van der Waals surface area contributed by atoms with Crippen LogP contribution in [0.2, 0.25) is 0 Å². The first-order chi connectivity index (χ1) is 13.5. The van der Waals surface area contributed by atoms with Crippen LogP contribution in [0.15, 0.2) is 42.7 Å². The number of benzene rings is 1. The number of carbonyl (C=O) groups is 2. The SMILES string of the molecule is CC(CN1CC2(CCN(C(=O)c3cnn(C)c3)CC2)OC1=O)c1ccccc1. The Bertz CT molecular complexity index is 856. The molecule has 0 aliphatic carbocycles. The van der Waals surface area contributed by atoms with Crippen LogP contribution in [0.1, 0.15) is 41.6 Å². The minimum Gasteiger partial charge on any atom is -0.441 e. The van der Waals surface area contributed by atoms with Gasteiger partial charge in [-0.05, 0) is 11.5 Å². The highest BCUT2D eigenvalue weighted by Gasteiger charge is 2.47. The first kappa shape index (κ1) is 18.5. The highest BCUT2D eigenvalue weighted by molar-refractivity contribution is 5.93. The summed E-state index contributed by atoms with van der Waals surface area (Å²) in [5.41, 5.74) is 1.34. The molecule has 2 aliphatic heterocycles. The Balaban J connectivity index is 1.36. The fraction of sp³-hybridized carbons (Fsp3) is 0.476. The maximum absolute atomic E-state index is 12.6. The lowest BCUT2D eigenvalue weighted by atomic mass is 9.90. The molecule has 7 nitrogen and oxygen atoms in total. The van der Waals surface area contributed by atoms with Crippen molar-refractivity contribution >= 4 is 12.0 Å². The van der Waals surface area contributed by atoms with E-state index in [9.17, 15) is 9.59 Å². The van der Waals surface area contributed by atoms with E-state index in [2.05, 4.69) is 24.2 Å². The Morgan fingerprint density at radius 2 is 1.96 bits per heavy atom. The van der Waals surface area contributed by atoms with Crippen molar-refractivity contribution in [2.45, 2.75) is 31.3 Å². The van der Waals surface area contributed by atoms with E-state index in [1.807, 2.05) is 28.0 Å². The number of nitrogens with zero attached hydrogens (tertiary/aromatic N) is 4. The van der Waals surface area contributed by atoms with E-state index in [0.29, 0.717) is 44.6 Å². The fourth-order valence-corrected chi connectivity index (χ4v) is 4.14. The Morgan fingerprint density at radius 1 is 1.25 bits per heavy atom. The van der Waals surface area contributed by atoms with E-state index in [0.717, 1.165) is 0 Å². The van der Waals surface area contributed by atoms with Crippen molar-refractivity contribution in [2.75, 3.05) is 26.2 Å². The largest absolute Gasteiger partial charge is 0.441 e. The summed E-state index contributed by atoms with van der Waals surface area (Å²) in [6, 6.07) is 10.2. The minimum absolute atomic E-state index is 0.0122. The van der Waals surface area contributed by atoms with Crippen LogP contribution in [-0.2, 0) is 11.8 Å². The number of rotatable bonds is 4. The summed E-state index contributed by atoms with van der Waals surface area (Å²) in [6.45, 7) is 4.54. The first-order valence-electron chi connectivity index (χ1n) is 9.77. The number of hydrogen-bond acceptors (Lipinski definition) is 4. The van der Waals surface area contributed by atoms with Gasteiger partial charge in [-0.2, -0.15) is 5.10 Å². The molecule has 0 saturated carbocycles. The summed E-state index contributed by atoms with van der Waals surface area (Å²) >= 11 is 0. The van der Waals surface area contributed by atoms with Crippen molar-refractivity contribution in [3.8, 4) is 0 Å². The van der Waals surface area contributed by atoms with Gasteiger partial charge in [0.1, 0.15) is 5.60 Å². The average Bonchev–Trinajstić information content (AvgIpc) is 3.26. The smallest absolute Gasteiger partial charge is 0.410 e. The predicted molar refractivity (Wildman–Crippen MR) is 104 cm³/mol. The van der Waals surface area contributed by atoms with Gasteiger partial charge in [-0.25, -0.2) is 4.79 Å². The highest BCUT2D eigenvalue weighted by Crippen LogP contribution is 2.34. The molecule has 1 atom stereocenters. The number of carbonyl (C=O) groups excluding carboxylic acids is 2. The molecule has 1 spiro atoms. The topological polar surface area (TPSA) is 67.7 Å². The standard InChI is InChI=1S/C21H26N4O3/c1-16(17-6-4-3-5-7-17)13-25-15-21(28-20(25)27)8-10-24(11-9-21)19(26)18-12-22-23(2)14-18/h3-7,12,14,16H,8-11,13,15H2,1-2H3. The molecule has 1 aromatic heterocycles. The van der Waals surface area contributed by atoms with Crippen molar-refractivity contribution in [1.82, 2.24) is 19.6 Å². The number of piperidine rings is 1. The number of hydrogen-bond donors (Lipinski definition) is 0. The lowest BCUT2D eigenvalue weighted by molar-refractivity contribution is 0.00313. The Kier molecular flexibility index (Phi) is 4.83. The zero-order valence-corrected chi connectivity index (χ0v) is 16.4. The molecule has 2 aromatic rings. The van der Waals surface area contributed by atoms with Crippen LogP contribution in [0.5, 0.6) is 0 Å². The van der Waals surface area contributed by atoms with Gasteiger partial charge in [0.15, 0.2) is 0 Å². The van der Waals surface area contributed by atoms with Crippen molar-refractivity contribution in [1.29, 1.82) is 0 Å². The normalized spacial score (nSPS) is 19.7. The van der Waals surface area contributed by atoms with E-state index in [1.54, 1.807) is 24.1 Å². The molecule has 2 amide bonds. The zero-order valence-electron chi connectivity index (χ0n) is 16.4. The third kappa shape index (κ3) is 3.61. The molecule has 0 N–H and O–H groups in total. The average molecular weight is 382 g/mol. The molecule has 2 fully saturated rings. The molecule has 0 bridgehead atoms. The molecule has 148 valence electrons. The summed E-state index contributed by atoms with van der Waals surface area (Å²) in [4.78, 5) is 28.7. The van der Waals surface area contributed by atoms with Crippen LogP contribution in [0, 0.1) is 0 Å². The number of ether oxygens (including phenoxy) is 1. The highest BCUT2D eigenvalue weighted by atomic mass is 16.6. The van der Waals surface area contributed by atoms with Crippen LogP contribution in [0.3, 0.4) is 0 Å². The van der Waals surface area contributed by atoms with E-state index in [-0.39, 0.29) is 17.9 Å². The van der Waals surface area contributed by atoms with E-state index in [4.69, 9.17) is 4.74 Å². The third-order valence-electron chi connectivity index (χ3n) is 5.82. The molecule has 2 saturated heterocycles. The maximum atomic E-state index is 12.6. The Morgan fingerprint density at radius 3 is 2.61 bits per heavy atom. The number of aryl methyl sites for hydroxylation is 1. The second kappa shape index (κ2) is 7.30. The molecular weight excluding hydrogens is 356 g/mol. The second-order valence-corrected chi connectivity index (χ2v) is 7.94. The molecule has 1 aromatic carbocycles. The Hall–Kier alpha value is -2.83. The van der Waals surface area contributed by atoms with E-state index in [1.165, 1.54) is 5.56 Å². The minimum atomic E-state index is -0.473. The van der Waals surface area contributed by atoms with Crippen LogP contribution < -0.4 is 0 Å². The number of aromatic nitrogens is 2. The lowest BCUT2D eigenvalue weighted by Gasteiger charge is -2.37. The van der Waals surface area contributed by atoms with E-state index < -0.39 is 5.60 Å². The second-order valence-electron chi connectivity index (χ2n) is 7.94. The van der Waals surface area contributed by atoms with Gasteiger partial charge in [0.2, 0.25) is 0 Å². The van der Waals surface area contributed by atoms with Crippen molar-refractivity contribution in [3.63, 3.8) is 0 Å². The van der Waals surface area contributed by atoms with Crippen molar-refractivity contribution in [3.05, 3.63) is 53.9 Å². The molecule has 4 rings (SSSR count). The van der Waals surface area contributed by atoms with Gasteiger partial charge in [0, 0.05) is 45.7 Å². The predicted octanol–water partition coefficient (Wildman–Crippen LogP) is 2.65. The van der Waals surface area contributed by atoms with Gasteiger partial charge in [0.25, 0.3) is 5.91 Å². The summed E-state index contributed by atoms with van der Waals surface area (Å²) in [5.74, 6) is 0.234. The van der Waals surface area contributed by atoms with Gasteiger partial charge < -0.3 is 14.5 Å². The van der Waals surface area contributed by atoms with Crippen LogP contribution in [0.25, 0.3) is 0 Å². The van der Waals surface area contributed by atoms with Crippen LogP contribution in [-0.4, -0.2) is 63.4 Å². The van der Waals surface area contributed by atoms with Gasteiger partial charge >= 0.3 is 6.09 Å². The summed E-state index contributed by atoms with van der Waals surface area (Å²) in [6.07, 6.45) is 4.42. The molecular formula is C21H26N4O3. The first-order valence-corrected chi connectivity index (χ1v) is 9.77. The number of amides is 2.